The SMILES string of the molecule is CCNC(=S)SCC.[Co]. The first-order chi connectivity index (χ1) is 3.81. The molecule has 0 aromatic heterocycles. The van der Waals surface area contributed by atoms with Gasteiger partial charge in [-0.1, -0.05) is 30.9 Å². The molecule has 0 fully saturated rings. The van der Waals surface area contributed by atoms with E-state index in [2.05, 4.69) is 12.2 Å². The monoisotopic (exact) mass is 208 g/mol. The molecule has 57 valence electrons. The fourth-order valence-corrected chi connectivity index (χ4v) is 1.33. The smallest absolute Gasteiger partial charge is 0.133 e. The Balaban J connectivity index is 0. The van der Waals surface area contributed by atoms with Gasteiger partial charge in [-0.15, -0.1) is 0 Å². The van der Waals surface area contributed by atoms with Gasteiger partial charge in [-0.25, -0.2) is 0 Å². The first kappa shape index (κ1) is 12.4. The van der Waals surface area contributed by atoms with E-state index in [-0.39, 0.29) is 16.8 Å². The van der Waals surface area contributed by atoms with Gasteiger partial charge in [-0.05, 0) is 12.7 Å². The molecule has 0 amide bonds. The second-order valence-electron chi connectivity index (χ2n) is 1.25. The molecule has 0 aliphatic rings. The van der Waals surface area contributed by atoms with E-state index < -0.39 is 0 Å². The normalized spacial score (nSPS) is 7.78. The van der Waals surface area contributed by atoms with Gasteiger partial charge in [0.15, 0.2) is 0 Å². The number of thiocarbonyl (C=S) groups is 1. The summed E-state index contributed by atoms with van der Waals surface area (Å²) in [5.41, 5.74) is 0. The fraction of sp³-hybridized carbons (Fsp3) is 0.800. The van der Waals surface area contributed by atoms with Gasteiger partial charge in [0.1, 0.15) is 4.32 Å². The topological polar surface area (TPSA) is 12.0 Å². The largest absolute Gasteiger partial charge is 0.371 e. The van der Waals surface area contributed by atoms with Crippen LogP contribution in [0.2, 0.25) is 0 Å². The van der Waals surface area contributed by atoms with Crippen LogP contribution in [-0.4, -0.2) is 16.6 Å². The van der Waals surface area contributed by atoms with Gasteiger partial charge in [0.25, 0.3) is 0 Å². The molecule has 1 radical (unpaired) electrons. The van der Waals surface area contributed by atoms with Crippen LogP contribution in [0.1, 0.15) is 13.8 Å². The first-order valence-corrected chi connectivity index (χ1v) is 4.11. The Morgan fingerprint density at radius 3 is 2.44 bits per heavy atom. The van der Waals surface area contributed by atoms with Crippen molar-refractivity contribution in [1.29, 1.82) is 0 Å². The minimum absolute atomic E-state index is 0. The van der Waals surface area contributed by atoms with Crippen molar-refractivity contribution in [2.75, 3.05) is 12.3 Å². The van der Waals surface area contributed by atoms with Crippen molar-refractivity contribution < 1.29 is 16.8 Å². The number of thioether (sulfide) groups is 1. The summed E-state index contributed by atoms with van der Waals surface area (Å²) in [6.45, 7) is 5.07. The maximum absolute atomic E-state index is 4.90. The number of hydrogen-bond acceptors (Lipinski definition) is 2. The third kappa shape index (κ3) is 8.75. The molecule has 0 atom stereocenters. The Bertz CT molecular complexity index is 69.4. The van der Waals surface area contributed by atoms with E-state index in [1.807, 2.05) is 6.92 Å². The molecular weight excluding hydrogens is 197 g/mol. The van der Waals surface area contributed by atoms with Crippen molar-refractivity contribution in [3.8, 4) is 0 Å². The second kappa shape index (κ2) is 8.75. The summed E-state index contributed by atoms with van der Waals surface area (Å²) in [7, 11) is 0. The first-order valence-electron chi connectivity index (χ1n) is 2.71. The van der Waals surface area contributed by atoms with Crippen molar-refractivity contribution in [2.45, 2.75) is 13.8 Å². The summed E-state index contributed by atoms with van der Waals surface area (Å²) in [4.78, 5) is 0. The average molecular weight is 208 g/mol. The minimum atomic E-state index is 0. The van der Waals surface area contributed by atoms with Crippen LogP contribution < -0.4 is 5.32 Å². The van der Waals surface area contributed by atoms with Gasteiger partial charge in [0, 0.05) is 23.3 Å². The molecule has 0 unspecified atom stereocenters. The van der Waals surface area contributed by atoms with Gasteiger partial charge in [-0.3, -0.25) is 0 Å². The van der Waals surface area contributed by atoms with Crippen molar-refractivity contribution in [3.63, 3.8) is 0 Å². The zero-order chi connectivity index (χ0) is 6.41. The average Bonchev–Trinajstić information content (AvgIpc) is 1.68. The van der Waals surface area contributed by atoms with E-state index >= 15 is 0 Å². The van der Waals surface area contributed by atoms with E-state index in [4.69, 9.17) is 12.2 Å². The van der Waals surface area contributed by atoms with Crippen LogP contribution in [0.25, 0.3) is 0 Å². The summed E-state index contributed by atoms with van der Waals surface area (Å²) in [6, 6.07) is 0. The molecule has 0 aromatic carbocycles. The van der Waals surface area contributed by atoms with Crippen molar-refractivity contribution >= 4 is 28.3 Å². The van der Waals surface area contributed by atoms with Gasteiger partial charge in [0.2, 0.25) is 0 Å². The zero-order valence-corrected chi connectivity index (χ0v) is 8.24. The molecule has 0 bridgehead atoms. The Morgan fingerprint density at radius 1 is 1.56 bits per heavy atom. The van der Waals surface area contributed by atoms with Crippen LogP contribution in [0.3, 0.4) is 0 Å². The molecule has 0 saturated heterocycles. The van der Waals surface area contributed by atoms with E-state index in [0.29, 0.717) is 0 Å². The van der Waals surface area contributed by atoms with Crippen LogP contribution in [0.15, 0.2) is 0 Å². The number of nitrogens with one attached hydrogen (secondary N) is 1. The molecule has 0 rings (SSSR count). The summed E-state index contributed by atoms with van der Waals surface area (Å²) in [5, 5.41) is 3.04. The molecular formula is C5H11CoNS2. The molecule has 1 nitrogen and oxygen atoms in total. The maximum atomic E-state index is 4.90. The molecule has 0 aromatic rings. The van der Waals surface area contributed by atoms with Crippen molar-refractivity contribution in [3.05, 3.63) is 0 Å². The fourth-order valence-electron chi connectivity index (χ4n) is 0.326. The standard InChI is InChI=1S/C5H11NS2.Co/c1-3-6-5(7)8-4-2;/h3-4H2,1-2H3,(H,6,7);. The summed E-state index contributed by atoms with van der Waals surface area (Å²) < 4.78 is 0.912. The van der Waals surface area contributed by atoms with Crippen molar-refractivity contribution in [2.24, 2.45) is 0 Å². The third-order valence-electron chi connectivity index (χ3n) is 0.597. The molecule has 0 spiro atoms. The predicted octanol–water partition coefficient (Wildman–Crippen LogP) is 1.63. The van der Waals surface area contributed by atoms with Gasteiger partial charge >= 0.3 is 0 Å². The zero-order valence-electron chi connectivity index (χ0n) is 5.56. The Kier molecular flexibility index (Phi) is 12.1. The molecule has 1 N–H and O–H groups in total. The molecule has 4 heteroatoms. The number of hydrogen-bond donors (Lipinski definition) is 1. The van der Waals surface area contributed by atoms with Crippen LogP contribution in [0.5, 0.6) is 0 Å². The molecule has 0 aliphatic heterocycles. The van der Waals surface area contributed by atoms with Crippen molar-refractivity contribution in [1.82, 2.24) is 5.32 Å². The Labute approximate surface area is 76.6 Å². The summed E-state index contributed by atoms with van der Waals surface area (Å²) in [5.74, 6) is 1.06. The van der Waals surface area contributed by atoms with E-state index in [1.165, 1.54) is 0 Å². The van der Waals surface area contributed by atoms with Gasteiger partial charge < -0.3 is 5.32 Å². The van der Waals surface area contributed by atoms with Gasteiger partial charge in [-0.2, -0.15) is 0 Å². The van der Waals surface area contributed by atoms with E-state index in [0.717, 1.165) is 16.6 Å². The molecule has 0 aliphatic carbocycles. The Hall–Kier alpha value is 0.746. The third-order valence-corrected chi connectivity index (χ3v) is 1.79. The summed E-state index contributed by atoms with van der Waals surface area (Å²) in [6.07, 6.45) is 0. The van der Waals surface area contributed by atoms with Gasteiger partial charge in [0.05, 0.1) is 0 Å². The predicted molar refractivity (Wildman–Crippen MR) is 44.4 cm³/mol. The Morgan fingerprint density at radius 2 is 2.11 bits per heavy atom. The number of rotatable bonds is 2. The van der Waals surface area contributed by atoms with Crippen LogP contribution in [-0.2, 0) is 16.8 Å². The van der Waals surface area contributed by atoms with E-state index in [9.17, 15) is 0 Å². The molecule has 0 heterocycles. The second-order valence-corrected chi connectivity index (χ2v) is 3.19. The maximum Gasteiger partial charge on any atom is 0.133 e. The summed E-state index contributed by atoms with van der Waals surface area (Å²) >= 11 is 6.58. The molecule has 0 saturated carbocycles. The van der Waals surface area contributed by atoms with Crippen LogP contribution >= 0.6 is 24.0 Å². The van der Waals surface area contributed by atoms with Crippen LogP contribution in [0.4, 0.5) is 0 Å². The quantitative estimate of drug-likeness (QED) is 0.693. The van der Waals surface area contributed by atoms with Crippen LogP contribution in [0, 0.1) is 0 Å². The minimum Gasteiger partial charge on any atom is -0.371 e. The molecule has 9 heavy (non-hydrogen) atoms. The van der Waals surface area contributed by atoms with E-state index in [1.54, 1.807) is 11.8 Å².